The maximum atomic E-state index is 11.1. The van der Waals surface area contributed by atoms with E-state index in [0.29, 0.717) is 6.26 Å². The minimum Gasteiger partial charge on any atom is -0.857 e. The number of hydrogen-bond acceptors (Lipinski definition) is 15. The van der Waals surface area contributed by atoms with Crippen molar-refractivity contribution in [1.82, 2.24) is 0 Å². The van der Waals surface area contributed by atoms with Gasteiger partial charge in [-0.2, -0.15) is 0 Å². The van der Waals surface area contributed by atoms with E-state index in [1.54, 1.807) is 0 Å². The Hall–Kier alpha value is 8.08. The van der Waals surface area contributed by atoms with E-state index in [4.69, 9.17) is 57.5 Å². The average molecular weight is 600 g/mol. The Morgan fingerprint density at radius 2 is 0.415 bits per heavy atom. The van der Waals surface area contributed by atoms with Gasteiger partial charge in [-0.25, -0.2) is 0 Å². The second kappa shape index (κ2) is 66.3. The van der Waals surface area contributed by atoms with Crippen LogP contribution in [0.5, 0.6) is 0 Å². The largest absolute Gasteiger partial charge is 1.00 e. The molecule has 0 spiro atoms. The van der Waals surface area contributed by atoms with Gasteiger partial charge in [0.25, 0.3) is 9.14 Å². The number of hydrogen-bond donors (Lipinski definition) is 0. The Morgan fingerprint density at radius 1 is 0.341 bits per heavy atom. The second-order valence-electron chi connectivity index (χ2n) is 2.69. The molecule has 170 valence electrons. The zero-order valence-corrected chi connectivity index (χ0v) is 30.8. The number of halogens is 5. The summed E-state index contributed by atoms with van der Waals surface area (Å²) in [5, 5.41) is 0. The number of rotatable bonds is 2. The van der Waals surface area contributed by atoms with Crippen molar-refractivity contribution in [2.24, 2.45) is 0 Å². The van der Waals surface area contributed by atoms with E-state index in [1.165, 1.54) is 0 Å². The summed E-state index contributed by atoms with van der Waals surface area (Å²) in [6, 6.07) is 0. The van der Waals surface area contributed by atoms with Crippen LogP contribution in [-0.2, 0) is 4.43 Å². The second-order valence-corrected chi connectivity index (χ2v) is 7.74. The Kier molecular flexibility index (Phi) is 203. The summed E-state index contributed by atoms with van der Waals surface area (Å²) in [7, 11) is -28.7. The van der Waals surface area contributed by atoms with E-state index in [-0.39, 0.29) is 264 Å². The molecule has 0 bridgehead atoms. The third kappa shape index (κ3) is 700. The predicted octanol–water partition coefficient (Wildman–Crippen LogP) is -57.8. The van der Waals surface area contributed by atoms with E-state index in [2.05, 4.69) is 11.0 Å². The molecular formula is C2H3F5Li14O15Si5. The molecule has 0 heterocycles. The summed E-state index contributed by atoms with van der Waals surface area (Å²) in [6.07, 6.45) is 0.520. The molecule has 0 aliphatic rings. The van der Waals surface area contributed by atoms with Crippen LogP contribution in [0.1, 0.15) is 0 Å². The van der Waals surface area contributed by atoms with Gasteiger partial charge >= 0.3 is 264 Å². The zero-order chi connectivity index (χ0) is 23.9. The summed E-state index contributed by atoms with van der Waals surface area (Å²) in [5.41, 5.74) is 0. The maximum absolute atomic E-state index is 11.1. The first-order valence-electron chi connectivity index (χ1n) is 4.65. The van der Waals surface area contributed by atoms with Crippen LogP contribution in [0.3, 0.4) is 0 Å². The van der Waals surface area contributed by atoms with Crippen LogP contribution in [0.15, 0.2) is 12.8 Å². The molecule has 0 aromatic rings. The van der Waals surface area contributed by atoms with Crippen molar-refractivity contribution in [1.29, 1.82) is 0 Å². The molecule has 39 heteroatoms. The molecule has 0 saturated heterocycles. The molecule has 0 atom stereocenters. The Balaban J connectivity index is -0.00000000804. The molecule has 0 N–H and O–H groups in total. The van der Waals surface area contributed by atoms with Crippen molar-refractivity contribution >= 4 is 45.7 Å². The third-order valence-corrected chi connectivity index (χ3v) is 0.672. The molecule has 0 saturated carbocycles. The standard InChI is InChI=1S/C2H3FO3Si.4FO3Si.14Li/c1-2-6-7(3,4)5;4*1-5(2,3)4;;;;;;;;;;;;;;/h2H,1H2;;;;;;;;;;;;;;;;;;/q-2;4*-3;14*+1. The van der Waals surface area contributed by atoms with Gasteiger partial charge in [0.15, 0.2) is 0 Å². The third-order valence-electron chi connectivity index (χ3n) is 0.224. The fourth-order valence-corrected chi connectivity index (χ4v) is 0.299. The minimum atomic E-state index is -5.86. The van der Waals surface area contributed by atoms with Crippen LogP contribution >= 0.6 is 0 Å². The Bertz CT molecular complexity index is 307. The van der Waals surface area contributed by atoms with Crippen LogP contribution in [-0.4, -0.2) is 45.7 Å². The average Bonchev–Trinajstić information content (AvgIpc) is 2.01. The van der Waals surface area contributed by atoms with Gasteiger partial charge in [-0.05, 0) is 0 Å². The van der Waals surface area contributed by atoms with Crippen molar-refractivity contribution < 1.29 is 356 Å². The van der Waals surface area contributed by atoms with Crippen molar-refractivity contribution in [2.75, 3.05) is 0 Å². The van der Waals surface area contributed by atoms with Gasteiger partial charge in [-0.3, -0.25) is 4.11 Å². The van der Waals surface area contributed by atoms with E-state index >= 15 is 0 Å². The Labute approximate surface area is 407 Å². The topological polar surface area (TPSA) is 332 Å². The zero-order valence-electron chi connectivity index (χ0n) is 25.8. The van der Waals surface area contributed by atoms with Gasteiger partial charge in [-0.1, -0.05) is 43.1 Å². The first-order chi connectivity index (χ1) is 11.1. The summed E-state index contributed by atoms with van der Waals surface area (Å²) < 4.78 is 55.1. The van der Waals surface area contributed by atoms with Gasteiger partial charge in [0.2, 0.25) is 0 Å². The van der Waals surface area contributed by atoms with Crippen LogP contribution in [0.4, 0.5) is 20.5 Å². The molecule has 0 aromatic heterocycles. The van der Waals surface area contributed by atoms with Crippen LogP contribution in [0.2, 0.25) is 0 Å². The fraction of sp³-hybridized carbons (Fsp3) is 0. The molecule has 0 aliphatic carbocycles. The van der Waals surface area contributed by atoms with Gasteiger partial charge in [0.1, 0.15) is 0 Å². The first-order valence-corrected chi connectivity index (χ1v) is 12.7. The fourth-order valence-electron chi connectivity index (χ4n) is 0.0995. The molecule has 41 heavy (non-hydrogen) atoms. The molecule has 0 amide bonds. The minimum absolute atomic E-state index is 0. The molecule has 0 radical (unpaired) electrons. The van der Waals surface area contributed by atoms with Crippen molar-refractivity contribution in [3.05, 3.63) is 12.8 Å². The van der Waals surface area contributed by atoms with E-state index in [1.807, 2.05) is 0 Å². The molecule has 0 fully saturated rings. The SMILES string of the molecule is C=CO[Si]([O-])([O-])F.[Li+].[Li+].[Li+].[Li+].[Li+].[Li+].[Li+].[Li+].[Li+].[Li+].[Li+].[Li+].[Li+].[Li+].[O-][Si]([O-])([O-])F.[O-][Si]([O-])([O-])F.[O-][Si]([O-])([O-])F.[O-][Si]([O-])([O-])F. The van der Waals surface area contributed by atoms with Gasteiger partial charge in [-0.15, -0.1) is 0 Å². The smallest absolute Gasteiger partial charge is 0.857 e. The molecule has 0 rings (SSSR count). The van der Waals surface area contributed by atoms with Gasteiger partial charge in [0.05, 0.1) is 6.26 Å². The van der Waals surface area contributed by atoms with Crippen molar-refractivity contribution in [2.45, 2.75) is 0 Å². The summed E-state index contributed by atoms with van der Waals surface area (Å²) in [4.78, 5) is 120. The monoisotopic (exact) mass is 600 g/mol. The van der Waals surface area contributed by atoms with E-state index in [0.717, 1.165) is 0 Å². The molecular weight excluding hydrogens is 597 g/mol. The van der Waals surface area contributed by atoms with Gasteiger partial charge < -0.3 is 88.0 Å². The quantitative estimate of drug-likeness (QED) is 0.123. The normalized spacial score (nSPS) is 7.68. The van der Waals surface area contributed by atoms with Gasteiger partial charge in [0, 0.05) is 0 Å². The summed E-state index contributed by atoms with van der Waals surface area (Å²) in [6.45, 7) is 2.82. The molecule has 15 nitrogen and oxygen atoms in total. The van der Waals surface area contributed by atoms with Crippen molar-refractivity contribution in [3.63, 3.8) is 0 Å². The molecule has 0 unspecified atom stereocenters. The maximum Gasteiger partial charge on any atom is 1.00 e. The Morgan fingerprint density at radius 3 is 0.415 bits per heavy atom. The van der Waals surface area contributed by atoms with Crippen LogP contribution in [0, 0.1) is 0 Å². The summed E-state index contributed by atoms with van der Waals surface area (Å²) >= 11 is 0. The molecule has 0 aromatic carbocycles. The van der Waals surface area contributed by atoms with Crippen LogP contribution in [0.25, 0.3) is 0 Å². The first kappa shape index (κ1) is 125. The van der Waals surface area contributed by atoms with Crippen molar-refractivity contribution in [3.8, 4) is 0 Å². The summed E-state index contributed by atoms with van der Waals surface area (Å²) in [5.74, 6) is 0. The van der Waals surface area contributed by atoms with E-state index < -0.39 is 45.7 Å². The van der Waals surface area contributed by atoms with Crippen LogP contribution < -0.4 is 331 Å². The predicted molar refractivity (Wildman–Crippen MR) is 45.6 cm³/mol. The van der Waals surface area contributed by atoms with E-state index in [9.17, 15) is 30.1 Å². The molecule has 0 aliphatic heterocycles.